The molecule has 0 saturated carbocycles. The minimum Gasteiger partial charge on any atom is -0.0917 e. The zero-order valence-electron chi connectivity index (χ0n) is 15.5. The second-order valence-electron chi connectivity index (χ2n) is 4.90. The summed E-state index contributed by atoms with van der Waals surface area (Å²) < 4.78 is -2.54. The van der Waals surface area contributed by atoms with Gasteiger partial charge in [0, 0.05) is 81.9 Å². The molecule has 38 heteroatoms. The number of halogens is 1. The second kappa shape index (κ2) is 15.1. The molecule has 0 nitrogen and oxygen atoms in total. The van der Waals surface area contributed by atoms with Gasteiger partial charge in [0.1, 0.15) is 0 Å². The Bertz CT molecular complexity index is 2210. The Balaban J connectivity index is 8.05. The van der Waals surface area contributed by atoms with Gasteiger partial charge in [0.05, 0.1) is 0 Å². The molecule has 0 amide bonds. The van der Waals surface area contributed by atoms with Crippen LogP contribution >= 0.6 is 32.9 Å². The fourth-order valence-corrected chi connectivity index (χ4v) is 258. The van der Waals surface area contributed by atoms with Crippen molar-refractivity contribution < 1.29 is 0 Å². The lowest BCUT2D eigenvalue weighted by Crippen LogP contribution is -2.37. The van der Waals surface area contributed by atoms with Crippen molar-refractivity contribution in [2.45, 2.75) is 0 Å². The average Bonchev–Trinajstić information content (AvgIpc) is 2.64. The highest BCUT2D eigenvalue weighted by molar-refractivity contribution is 14.2. The summed E-state index contributed by atoms with van der Waals surface area (Å²) in [7, 11) is 0. The van der Waals surface area contributed by atoms with Gasteiger partial charge in [0.2, 0.25) is 0 Å². The molecule has 0 N–H and O–H groups in total. The van der Waals surface area contributed by atoms with Crippen LogP contribution < -0.4 is 0 Å². The van der Waals surface area contributed by atoms with Crippen LogP contribution in [0.1, 0.15) is 0 Å². The Morgan fingerprint density at radius 1 is 0.263 bits per heavy atom. The van der Waals surface area contributed by atoms with Gasteiger partial charge in [-0.2, -0.15) is 0 Å². The molecule has 0 aromatic heterocycles. The van der Waals surface area contributed by atoms with Crippen molar-refractivity contribution in [2.75, 3.05) is 0 Å². The third kappa shape index (κ3) is 8.05. The summed E-state index contributed by atoms with van der Waals surface area (Å²) in [5, 5.41) is -35.9. The third-order valence-electron chi connectivity index (χ3n) is 2.75. The van der Waals surface area contributed by atoms with Crippen LogP contribution in [-0.2, 0) is 329 Å². The summed E-state index contributed by atoms with van der Waals surface area (Å²) in [6.07, 6.45) is 0. The van der Waals surface area contributed by atoms with Crippen LogP contribution in [0.25, 0.3) is 0 Å². The van der Waals surface area contributed by atoms with Gasteiger partial charge in [-0.1, -0.05) is 11.7 Å². The van der Waals surface area contributed by atoms with Gasteiger partial charge in [-0.05, 0) is 269 Å². The van der Waals surface area contributed by atoms with E-state index in [4.69, 9.17) is 269 Å². The normalized spacial score (nSPS) is 16.6. The maximum atomic E-state index is 5.87. The predicted octanol–water partition coefficient (Wildman–Crippen LogP) is 1.18. The second-order valence-corrected chi connectivity index (χ2v) is 139. The van der Waals surface area contributed by atoms with E-state index in [2.05, 4.69) is 11.7 Å². The first-order valence-electron chi connectivity index (χ1n) is 6.17. The Labute approximate surface area is 351 Å². The maximum Gasteiger partial charge on any atom is 0.0451 e. The van der Waals surface area contributed by atoms with Gasteiger partial charge in [0.15, 0.2) is 0 Å². The first kappa shape index (κ1) is 48.6. The van der Waals surface area contributed by atoms with Crippen molar-refractivity contribution in [3.63, 3.8) is 0 Å². The van der Waals surface area contributed by atoms with Gasteiger partial charge in [-0.3, -0.25) is 0 Å². The van der Waals surface area contributed by atoms with Crippen LogP contribution in [0.2, 0.25) is 0 Å². The molecule has 0 unspecified atom stereocenters. The Morgan fingerprint density at radius 2 is 0.395 bits per heavy atom. The Morgan fingerprint density at radius 3 is 0.526 bits per heavy atom. The fraction of sp³-hybridized carbons (Fsp3) is 0. The summed E-state index contributed by atoms with van der Waals surface area (Å²) in [6.45, 7) is 0. The van der Waals surface area contributed by atoms with Crippen molar-refractivity contribution in [1.82, 2.24) is 0 Å². The molecule has 0 aromatic carbocycles. The Hall–Kier alpha value is 10.6. The van der Waals surface area contributed by atoms with E-state index >= 15 is 0 Å². The minimum atomic E-state index is -3.49. The van der Waals surface area contributed by atoms with E-state index in [1.165, 1.54) is 0 Å². The van der Waals surface area contributed by atoms with Gasteiger partial charge < -0.3 is 0 Å². The van der Waals surface area contributed by atoms with Crippen LogP contribution in [0, 0.1) is 0 Å². The molecule has 38 heavy (non-hydrogen) atoms. The average molecular weight is 1310 g/mol. The highest BCUT2D eigenvalue weighted by Crippen LogP contribution is 2.40. The molecular formula is HIS37. The van der Waals surface area contributed by atoms with Crippen molar-refractivity contribution in [3.05, 3.63) is 0 Å². The van der Waals surface area contributed by atoms with E-state index in [1.807, 2.05) is 0 Å². The molecule has 0 aliphatic carbocycles. The lowest BCUT2D eigenvalue weighted by atomic mass is 29.7. The Kier molecular flexibility index (Phi) is 19.3. The van der Waals surface area contributed by atoms with Gasteiger partial charge >= 0.3 is 0 Å². The van der Waals surface area contributed by atoms with Crippen molar-refractivity contribution in [3.8, 4) is 0 Å². The molecule has 0 heterocycles. The summed E-state index contributed by atoms with van der Waals surface area (Å²) in [4.78, 5) is 0. The van der Waals surface area contributed by atoms with Crippen LogP contribution in [0.15, 0.2) is 0 Å². The quantitative estimate of drug-likeness (QED) is 0.136. The monoisotopic (exact) mass is 1310 g/mol. The van der Waals surface area contributed by atoms with E-state index in [0.717, 1.165) is 0 Å². The molecule has 0 bridgehead atoms. The molecule has 0 aliphatic rings. The van der Waals surface area contributed by atoms with Crippen molar-refractivity contribution in [2.24, 2.45) is 0 Å². The van der Waals surface area contributed by atoms with Gasteiger partial charge in [0.25, 0.3) is 0 Å². The molecule has 230 valence electrons. The molecule has 0 aromatic rings. The lowest BCUT2D eigenvalue weighted by Gasteiger charge is -2.34. The molecule has 0 rings (SSSR count). The van der Waals surface area contributed by atoms with E-state index in [1.54, 1.807) is 21.2 Å². The summed E-state index contributed by atoms with van der Waals surface area (Å²) in [6, 6.07) is 0. The maximum absolute atomic E-state index is 5.87. The lowest BCUT2D eigenvalue weighted by molar-refractivity contribution is 5.00. The van der Waals surface area contributed by atoms with Crippen molar-refractivity contribution >= 4 is 362 Å². The topological polar surface area (TPSA) is 0 Å². The molecule has 0 radical (unpaired) electrons. The van der Waals surface area contributed by atoms with E-state index in [-0.39, 0.29) is 0 Å². The van der Waals surface area contributed by atoms with Crippen LogP contribution in [0.5, 0.6) is 0 Å². The predicted molar refractivity (Wildman–Crippen MR) is 288 cm³/mol. The molecular weight excluding hydrogens is 1310 g/mol. The molecule has 0 aliphatic heterocycles. The molecule has 0 atom stereocenters. The summed E-state index contributed by atoms with van der Waals surface area (Å²) in [5.41, 5.74) is 0. The van der Waals surface area contributed by atoms with Gasteiger partial charge in [-0.25, -0.2) is 0 Å². The first-order chi connectivity index (χ1) is 15.8. The van der Waals surface area contributed by atoms with Crippen LogP contribution in [0.4, 0.5) is 0 Å². The highest BCUT2D eigenvalue weighted by Gasteiger charge is 2.43. The SMILES string of the molecule is S=S(=S)(S)S(=S)(=S)S(=S)(=S)S(=S)(=S)S(=S)(=S)S(=S)(=S)S(=S)(=S)S(=S)(=S)S(=S)(=S)S(=S)(=S)S(=S)(=S)S(=S)(=S)I. The standard InChI is InChI=1S/HIS37/c1-27(2,3)29(7,8)31(11,12)33(15,16)35(19,20)37(23,24)38(25,26)36(21,22)34(17,18)32(13,14)30(9,10)28(4,5)6/h(H,4,5,6). The highest BCUT2D eigenvalue weighted by atomic mass is 127. The van der Waals surface area contributed by atoms with E-state index in [9.17, 15) is 0 Å². The number of thiol groups is 1. The van der Waals surface area contributed by atoms with Crippen LogP contribution in [-0.4, -0.2) is 0 Å². The number of rotatable bonds is 11. The number of hydrogen-bond donors (Lipinski definition) is 1. The third-order valence-corrected chi connectivity index (χ3v) is 231. The summed E-state index contributed by atoms with van der Waals surface area (Å²) >= 11 is 143. The molecule has 0 saturated heterocycles. The van der Waals surface area contributed by atoms with E-state index < -0.39 is 60.7 Å². The molecule has 0 spiro atoms. The van der Waals surface area contributed by atoms with Crippen molar-refractivity contribution in [1.29, 1.82) is 0 Å². The zero-order chi connectivity index (χ0) is 32.0. The fourth-order valence-electron chi connectivity index (χ4n) is 1.02. The smallest absolute Gasteiger partial charge is 0.0451 e. The minimum absolute atomic E-state index is 1.79. The molecule has 0 fully saturated rings. The zero-order valence-corrected chi connectivity index (χ0v) is 48.0. The van der Waals surface area contributed by atoms with Gasteiger partial charge in [-0.15, -0.1) is 0 Å². The largest absolute Gasteiger partial charge is 0.0917 e. The van der Waals surface area contributed by atoms with Crippen LogP contribution in [0.3, 0.4) is 0 Å². The first-order valence-corrected chi connectivity index (χ1v) is 57.2. The number of hydrogen-bond acceptors (Lipinski definition) is 24. The summed E-state index contributed by atoms with van der Waals surface area (Å²) in [5.74, 6) is 0. The van der Waals surface area contributed by atoms with E-state index in [0.29, 0.717) is 0 Å².